The maximum absolute atomic E-state index is 13.0. The van der Waals surface area contributed by atoms with Crippen LogP contribution in [0.4, 0.5) is 5.69 Å². The minimum atomic E-state index is -0.317. The Bertz CT molecular complexity index is 899. The van der Waals surface area contributed by atoms with Crippen molar-refractivity contribution in [1.29, 1.82) is 0 Å². The van der Waals surface area contributed by atoms with Gasteiger partial charge in [-0.05, 0) is 44.0 Å². The number of amides is 3. The molecule has 2 fully saturated rings. The second-order valence-corrected chi connectivity index (χ2v) is 8.14. The SMILES string of the molecule is Cc1ccc(N2CC(C(=O)N3CCC(C(=O)NCc4ccco4)CC3)CC2=O)cc1. The Hall–Kier alpha value is -3.09. The zero-order valence-electron chi connectivity index (χ0n) is 17.2. The Balaban J connectivity index is 1.27. The summed E-state index contributed by atoms with van der Waals surface area (Å²) in [6.07, 6.45) is 3.10. The van der Waals surface area contributed by atoms with Gasteiger partial charge in [-0.15, -0.1) is 0 Å². The Kier molecular flexibility index (Phi) is 5.88. The summed E-state index contributed by atoms with van der Waals surface area (Å²) in [5, 5.41) is 2.90. The highest BCUT2D eigenvalue weighted by Crippen LogP contribution is 2.28. The summed E-state index contributed by atoms with van der Waals surface area (Å²) in [5.74, 6) is 0.318. The van der Waals surface area contributed by atoms with Crippen LogP contribution < -0.4 is 10.2 Å². The third kappa shape index (κ3) is 4.40. The molecule has 3 heterocycles. The third-order valence-corrected chi connectivity index (χ3v) is 6.01. The number of nitrogens with zero attached hydrogens (tertiary/aromatic N) is 2. The smallest absolute Gasteiger partial charge is 0.228 e. The highest BCUT2D eigenvalue weighted by molar-refractivity contribution is 6.00. The van der Waals surface area contributed by atoms with E-state index in [1.54, 1.807) is 17.2 Å². The molecule has 4 rings (SSSR count). The predicted octanol–water partition coefficient (Wildman–Crippen LogP) is 2.50. The molecular formula is C23H27N3O4. The first-order valence-corrected chi connectivity index (χ1v) is 10.5. The lowest BCUT2D eigenvalue weighted by atomic mass is 9.94. The molecule has 0 spiro atoms. The lowest BCUT2D eigenvalue weighted by Gasteiger charge is -2.32. The third-order valence-electron chi connectivity index (χ3n) is 6.01. The van der Waals surface area contributed by atoms with E-state index < -0.39 is 0 Å². The summed E-state index contributed by atoms with van der Waals surface area (Å²) in [6, 6.07) is 11.4. The summed E-state index contributed by atoms with van der Waals surface area (Å²) in [7, 11) is 0. The van der Waals surface area contributed by atoms with Crippen molar-refractivity contribution in [3.63, 3.8) is 0 Å². The molecule has 2 aromatic rings. The summed E-state index contributed by atoms with van der Waals surface area (Å²) in [6.45, 7) is 3.90. The fraction of sp³-hybridized carbons (Fsp3) is 0.435. The zero-order chi connectivity index (χ0) is 21.1. The molecule has 0 radical (unpaired) electrons. The predicted molar refractivity (Wildman–Crippen MR) is 111 cm³/mol. The average molecular weight is 409 g/mol. The van der Waals surface area contributed by atoms with Gasteiger partial charge in [0.2, 0.25) is 17.7 Å². The molecule has 2 aliphatic heterocycles. The first-order valence-electron chi connectivity index (χ1n) is 10.5. The second-order valence-electron chi connectivity index (χ2n) is 8.14. The van der Waals surface area contributed by atoms with E-state index in [4.69, 9.17) is 4.42 Å². The van der Waals surface area contributed by atoms with Crippen molar-refractivity contribution < 1.29 is 18.8 Å². The molecule has 7 nitrogen and oxygen atoms in total. The Morgan fingerprint density at radius 3 is 2.50 bits per heavy atom. The number of benzene rings is 1. The number of aryl methyl sites for hydroxylation is 1. The van der Waals surface area contributed by atoms with E-state index >= 15 is 0 Å². The Morgan fingerprint density at radius 1 is 1.10 bits per heavy atom. The van der Waals surface area contributed by atoms with Crippen LogP contribution in [0.3, 0.4) is 0 Å². The molecular weight excluding hydrogens is 382 g/mol. The molecule has 1 atom stereocenters. The molecule has 1 aromatic heterocycles. The van der Waals surface area contributed by atoms with E-state index in [2.05, 4.69) is 5.32 Å². The number of nitrogens with one attached hydrogen (secondary N) is 1. The van der Waals surface area contributed by atoms with Crippen LogP contribution in [0, 0.1) is 18.8 Å². The fourth-order valence-electron chi connectivity index (χ4n) is 4.20. The number of rotatable bonds is 5. The van der Waals surface area contributed by atoms with Crippen LogP contribution in [0.15, 0.2) is 47.1 Å². The van der Waals surface area contributed by atoms with Gasteiger partial charge in [0.25, 0.3) is 0 Å². The zero-order valence-corrected chi connectivity index (χ0v) is 17.2. The van der Waals surface area contributed by atoms with Crippen LogP contribution in [-0.4, -0.2) is 42.3 Å². The van der Waals surface area contributed by atoms with Crippen molar-refractivity contribution in [1.82, 2.24) is 10.2 Å². The number of likely N-dealkylation sites (tertiary alicyclic amines) is 1. The molecule has 1 aromatic carbocycles. The Labute approximate surface area is 176 Å². The van der Waals surface area contributed by atoms with E-state index in [-0.39, 0.29) is 36.0 Å². The van der Waals surface area contributed by atoms with Gasteiger partial charge in [-0.25, -0.2) is 0 Å². The molecule has 1 N–H and O–H groups in total. The molecule has 30 heavy (non-hydrogen) atoms. The van der Waals surface area contributed by atoms with Gasteiger partial charge >= 0.3 is 0 Å². The molecule has 1 unspecified atom stereocenters. The topological polar surface area (TPSA) is 82.9 Å². The van der Waals surface area contributed by atoms with Crippen LogP contribution in [-0.2, 0) is 20.9 Å². The number of carbonyl (C=O) groups is 3. The van der Waals surface area contributed by atoms with Crippen LogP contribution in [0.2, 0.25) is 0 Å². The minimum Gasteiger partial charge on any atom is -0.467 e. The van der Waals surface area contributed by atoms with Crippen molar-refractivity contribution in [2.75, 3.05) is 24.5 Å². The van der Waals surface area contributed by atoms with Crippen LogP contribution in [0.25, 0.3) is 0 Å². The monoisotopic (exact) mass is 409 g/mol. The van der Waals surface area contributed by atoms with Gasteiger partial charge in [0.05, 0.1) is 18.7 Å². The van der Waals surface area contributed by atoms with Crippen LogP contribution >= 0.6 is 0 Å². The molecule has 0 saturated carbocycles. The van der Waals surface area contributed by atoms with E-state index in [0.29, 0.717) is 39.0 Å². The van der Waals surface area contributed by atoms with Gasteiger partial charge in [0, 0.05) is 37.7 Å². The highest BCUT2D eigenvalue weighted by Gasteiger charge is 2.38. The lowest BCUT2D eigenvalue weighted by Crippen LogP contribution is -2.45. The summed E-state index contributed by atoms with van der Waals surface area (Å²) in [5.41, 5.74) is 1.97. The van der Waals surface area contributed by atoms with Gasteiger partial charge in [-0.3, -0.25) is 14.4 Å². The molecule has 3 amide bonds. The molecule has 158 valence electrons. The summed E-state index contributed by atoms with van der Waals surface area (Å²) >= 11 is 0. The van der Waals surface area contributed by atoms with E-state index in [9.17, 15) is 14.4 Å². The van der Waals surface area contributed by atoms with Crippen molar-refractivity contribution >= 4 is 23.4 Å². The largest absolute Gasteiger partial charge is 0.467 e. The highest BCUT2D eigenvalue weighted by atomic mass is 16.3. The van der Waals surface area contributed by atoms with Crippen LogP contribution in [0.1, 0.15) is 30.6 Å². The molecule has 0 bridgehead atoms. The minimum absolute atomic E-state index is 0.0000827. The van der Waals surface area contributed by atoms with E-state index in [1.165, 1.54) is 0 Å². The van der Waals surface area contributed by atoms with Gasteiger partial charge in [0.15, 0.2) is 0 Å². The van der Waals surface area contributed by atoms with Crippen molar-refractivity contribution in [2.45, 2.75) is 32.7 Å². The van der Waals surface area contributed by atoms with E-state index in [1.807, 2.05) is 42.2 Å². The van der Waals surface area contributed by atoms with E-state index in [0.717, 1.165) is 17.0 Å². The second kappa shape index (κ2) is 8.73. The molecule has 0 aliphatic carbocycles. The summed E-state index contributed by atoms with van der Waals surface area (Å²) in [4.78, 5) is 41.3. The molecule has 2 aliphatic rings. The lowest BCUT2D eigenvalue weighted by molar-refractivity contribution is -0.139. The van der Waals surface area contributed by atoms with Gasteiger partial charge in [0.1, 0.15) is 5.76 Å². The van der Waals surface area contributed by atoms with Crippen molar-refractivity contribution in [2.24, 2.45) is 11.8 Å². The van der Waals surface area contributed by atoms with Gasteiger partial charge in [-0.1, -0.05) is 17.7 Å². The number of anilines is 1. The van der Waals surface area contributed by atoms with Gasteiger partial charge < -0.3 is 19.5 Å². The maximum Gasteiger partial charge on any atom is 0.228 e. The molecule has 7 heteroatoms. The number of hydrogen-bond acceptors (Lipinski definition) is 4. The standard InChI is InChI=1S/C23H27N3O4/c1-16-4-6-19(7-5-16)26-15-18(13-21(26)27)23(29)25-10-8-17(9-11-25)22(28)24-14-20-3-2-12-30-20/h2-7,12,17-18H,8-11,13-15H2,1H3,(H,24,28). The average Bonchev–Trinajstić information content (AvgIpc) is 3.42. The molecule has 2 saturated heterocycles. The number of hydrogen-bond donors (Lipinski definition) is 1. The first kappa shape index (κ1) is 20.2. The van der Waals surface area contributed by atoms with Gasteiger partial charge in [-0.2, -0.15) is 0 Å². The maximum atomic E-state index is 13.0. The van der Waals surface area contributed by atoms with Crippen molar-refractivity contribution in [3.8, 4) is 0 Å². The number of carbonyl (C=O) groups excluding carboxylic acids is 3. The fourth-order valence-corrected chi connectivity index (χ4v) is 4.20. The first-order chi connectivity index (χ1) is 14.5. The quantitative estimate of drug-likeness (QED) is 0.823. The number of piperidine rings is 1. The van der Waals surface area contributed by atoms with Crippen LogP contribution in [0.5, 0.6) is 0 Å². The Morgan fingerprint density at radius 2 is 1.83 bits per heavy atom. The van der Waals surface area contributed by atoms with Crippen molar-refractivity contribution in [3.05, 3.63) is 54.0 Å². The summed E-state index contributed by atoms with van der Waals surface area (Å²) < 4.78 is 5.23. The number of furan rings is 1. The normalized spacial score (nSPS) is 19.9.